The van der Waals surface area contributed by atoms with E-state index in [0.717, 1.165) is 22.2 Å². The van der Waals surface area contributed by atoms with Crippen molar-refractivity contribution in [3.8, 4) is 33.9 Å². The molecule has 0 bridgehead atoms. The number of benzene rings is 1. The molecule has 0 atom stereocenters. The first kappa shape index (κ1) is 17.5. The van der Waals surface area contributed by atoms with E-state index >= 15 is 0 Å². The molecule has 5 heterocycles. The summed E-state index contributed by atoms with van der Waals surface area (Å²) in [7, 11) is 1.86. The molecule has 0 fully saturated rings. The van der Waals surface area contributed by atoms with Crippen LogP contribution in [0.1, 0.15) is 0 Å². The Hall–Kier alpha value is -4.40. The van der Waals surface area contributed by atoms with Crippen LogP contribution in [0, 0.1) is 5.82 Å². The van der Waals surface area contributed by atoms with Crippen LogP contribution >= 0.6 is 0 Å². The number of aromatic nitrogens is 8. The van der Waals surface area contributed by atoms with Gasteiger partial charge in [-0.05, 0) is 12.1 Å². The van der Waals surface area contributed by atoms with Crippen molar-refractivity contribution in [1.82, 2.24) is 39.9 Å². The van der Waals surface area contributed by atoms with Crippen molar-refractivity contribution in [3.05, 3.63) is 67.1 Å². The number of aromatic amines is 2. The summed E-state index contributed by atoms with van der Waals surface area (Å²) < 4.78 is 16.1. The van der Waals surface area contributed by atoms with Crippen LogP contribution in [-0.4, -0.2) is 39.9 Å². The third-order valence-corrected chi connectivity index (χ3v) is 5.23. The molecule has 150 valence electrons. The molecule has 0 saturated heterocycles. The number of rotatable bonds is 3. The topological polar surface area (TPSA) is 101 Å². The molecule has 9 heteroatoms. The van der Waals surface area contributed by atoms with Crippen molar-refractivity contribution in [2.75, 3.05) is 0 Å². The van der Waals surface area contributed by atoms with Crippen molar-refractivity contribution in [2.45, 2.75) is 0 Å². The first-order valence-corrected chi connectivity index (χ1v) is 9.59. The molecule has 8 nitrogen and oxygen atoms in total. The van der Waals surface area contributed by atoms with Gasteiger partial charge in [0.1, 0.15) is 17.0 Å². The molecule has 6 aromatic rings. The minimum absolute atomic E-state index is 0.321. The van der Waals surface area contributed by atoms with E-state index in [1.807, 2.05) is 19.3 Å². The van der Waals surface area contributed by atoms with Gasteiger partial charge in [0.25, 0.3) is 0 Å². The number of imidazole rings is 1. The summed E-state index contributed by atoms with van der Waals surface area (Å²) >= 11 is 0. The van der Waals surface area contributed by atoms with Crippen LogP contribution in [0.15, 0.2) is 61.3 Å². The van der Waals surface area contributed by atoms with Gasteiger partial charge < -0.3 is 4.98 Å². The fourth-order valence-corrected chi connectivity index (χ4v) is 3.73. The molecule has 5 aromatic heterocycles. The Morgan fingerprint density at radius 3 is 2.74 bits per heavy atom. The van der Waals surface area contributed by atoms with Gasteiger partial charge in [0, 0.05) is 41.5 Å². The zero-order valence-corrected chi connectivity index (χ0v) is 16.3. The van der Waals surface area contributed by atoms with Gasteiger partial charge in [-0.2, -0.15) is 10.2 Å². The minimum Gasteiger partial charge on any atom is -0.335 e. The fraction of sp³-hybridized carbons (Fsp3) is 0.0455. The number of aryl methyl sites for hydroxylation is 1. The Morgan fingerprint density at radius 2 is 1.90 bits per heavy atom. The molecular weight excluding hydrogens is 395 g/mol. The minimum atomic E-state index is -0.321. The Morgan fingerprint density at radius 1 is 1.00 bits per heavy atom. The molecule has 0 unspecified atom stereocenters. The van der Waals surface area contributed by atoms with E-state index in [2.05, 4.69) is 30.2 Å². The van der Waals surface area contributed by atoms with Gasteiger partial charge in [0.2, 0.25) is 0 Å². The zero-order chi connectivity index (χ0) is 20.9. The van der Waals surface area contributed by atoms with E-state index in [4.69, 9.17) is 4.98 Å². The van der Waals surface area contributed by atoms with Crippen LogP contribution in [0.25, 0.3) is 55.8 Å². The molecule has 31 heavy (non-hydrogen) atoms. The SMILES string of the molecule is Cn1cc(-c2cc3c(-c4nc5c(-c6ccccc6F)cncc5[nH]4)n[nH]c3cn2)cn1. The van der Waals surface area contributed by atoms with E-state index in [1.54, 1.807) is 47.7 Å². The summed E-state index contributed by atoms with van der Waals surface area (Å²) in [6, 6.07) is 8.55. The molecular formula is C22H15FN8. The van der Waals surface area contributed by atoms with Gasteiger partial charge >= 0.3 is 0 Å². The lowest BCUT2D eigenvalue weighted by Crippen LogP contribution is -1.87. The van der Waals surface area contributed by atoms with Crippen molar-refractivity contribution in [1.29, 1.82) is 0 Å². The predicted molar refractivity (Wildman–Crippen MR) is 114 cm³/mol. The van der Waals surface area contributed by atoms with Crippen molar-refractivity contribution >= 4 is 21.9 Å². The quantitative estimate of drug-likeness (QED) is 0.457. The Labute approximate surface area is 174 Å². The predicted octanol–water partition coefficient (Wildman–Crippen LogP) is 4.10. The van der Waals surface area contributed by atoms with E-state index in [1.165, 1.54) is 6.07 Å². The summed E-state index contributed by atoms with van der Waals surface area (Å²) in [6.45, 7) is 0. The lowest BCUT2D eigenvalue weighted by molar-refractivity contribution is 0.631. The third kappa shape index (κ3) is 2.78. The van der Waals surface area contributed by atoms with Gasteiger partial charge in [-0.15, -0.1) is 0 Å². The van der Waals surface area contributed by atoms with Crippen LogP contribution in [0.5, 0.6) is 0 Å². The van der Waals surface area contributed by atoms with Gasteiger partial charge in [0.15, 0.2) is 5.82 Å². The highest BCUT2D eigenvalue weighted by atomic mass is 19.1. The number of H-pyrrole nitrogens is 2. The van der Waals surface area contributed by atoms with Crippen LogP contribution < -0.4 is 0 Å². The van der Waals surface area contributed by atoms with Crippen molar-refractivity contribution < 1.29 is 4.39 Å². The largest absolute Gasteiger partial charge is 0.335 e. The Kier molecular flexibility index (Phi) is 3.69. The van der Waals surface area contributed by atoms with E-state index < -0.39 is 0 Å². The monoisotopic (exact) mass is 410 g/mol. The molecule has 0 aliphatic rings. The number of halogens is 1. The van der Waals surface area contributed by atoms with Gasteiger partial charge in [0.05, 0.1) is 35.3 Å². The Bertz CT molecular complexity index is 1580. The maximum atomic E-state index is 14.4. The maximum Gasteiger partial charge on any atom is 0.159 e. The highest BCUT2D eigenvalue weighted by Gasteiger charge is 2.17. The fourth-order valence-electron chi connectivity index (χ4n) is 3.73. The molecule has 0 spiro atoms. The van der Waals surface area contributed by atoms with Gasteiger partial charge in [-0.3, -0.25) is 19.7 Å². The molecule has 0 aliphatic heterocycles. The molecule has 0 radical (unpaired) electrons. The zero-order valence-electron chi connectivity index (χ0n) is 16.3. The Balaban J connectivity index is 1.52. The molecule has 0 aliphatic carbocycles. The smallest absolute Gasteiger partial charge is 0.159 e. The van der Waals surface area contributed by atoms with Crippen LogP contribution in [0.4, 0.5) is 4.39 Å². The maximum absolute atomic E-state index is 14.4. The normalized spacial score (nSPS) is 11.5. The lowest BCUT2D eigenvalue weighted by atomic mass is 10.1. The molecule has 6 rings (SSSR count). The van der Waals surface area contributed by atoms with E-state index in [0.29, 0.717) is 33.7 Å². The van der Waals surface area contributed by atoms with Crippen LogP contribution in [0.3, 0.4) is 0 Å². The average Bonchev–Trinajstić information content (AvgIpc) is 3.50. The first-order chi connectivity index (χ1) is 15.2. The highest BCUT2D eigenvalue weighted by molar-refractivity contribution is 5.97. The average molecular weight is 410 g/mol. The number of nitrogens with zero attached hydrogens (tertiary/aromatic N) is 6. The van der Waals surface area contributed by atoms with Crippen LogP contribution in [0.2, 0.25) is 0 Å². The summed E-state index contributed by atoms with van der Waals surface area (Å²) in [5, 5.41) is 12.5. The van der Waals surface area contributed by atoms with Crippen molar-refractivity contribution in [3.63, 3.8) is 0 Å². The second-order valence-corrected chi connectivity index (χ2v) is 7.24. The number of hydrogen-bond donors (Lipinski definition) is 2. The summed E-state index contributed by atoms with van der Waals surface area (Å²) in [6.07, 6.45) is 8.71. The molecule has 2 N–H and O–H groups in total. The highest BCUT2D eigenvalue weighted by Crippen LogP contribution is 2.32. The number of pyridine rings is 2. The third-order valence-electron chi connectivity index (χ3n) is 5.23. The van der Waals surface area contributed by atoms with Crippen LogP contribution in [-0.2, 0) is 7.05 Å². The summed E-state index contributed by atoms with van der Waals surface area (Å²) in [5.74, 6) is 0.244. The lowest BCUT2D eigenvalue weighted by Gasteiger charge is -2.02. The van der Waals surface area contributed by atoms with Gasteiger partial charge in [-0.25, -0.2) is 9.37 Å². The van der Waals surface area contributed by atoms with E-state index in [-0.39, 0.29) is 5.82 Å². The summed E-state index contributed by atoms with van der Waals surface area (Å²) in [4.78, 5) is 16.8. The van der Waals surface area contributed by atoms with E-state index in [9.17, 15) is 4.39 Å². The molecule has 0 amide bonds. The second kappa shape index (κ2) is 6.56. The van der Waals surface area contributed by atoms with Crippen molar-refractivity contribution in [2.24, 2.45) is 7.05 Å². The standard InChI is InChI=1S/C22H15FN8/c1-31-11-12(7-26-31)17-6-14-18(10-25-17)29-30-21(14)22-27-19-9-24-8-15(20(19)28-22)13-4-2-3-5-16(13)23/h2-11H,1H3,(H,27,28)(H,29,30). The number of fused-ring (bicyclic) bond motifs is 2. The van der Waals surface area contributed by atoms with Gasteiger partial charge in [-0.1, -0.05) is 18.2 Å². The molecule has 0 saturated carbocycles. The first-order valence-electron chi connectivity index (χ1n) is 9.59. The summed E-state index contributed by atoms with van der Waals surface area (Å²) in [5.41, 5.74) is 5.54. The second-order valence-electron chi connectivity index (χ2n) is 7.24. The molecule has 1 aromatic carbocycles. The number of hydrogen-bond acceptors (Lipinski definition) is 5. The number of nitrogens with one attached hydrogen (secondary N) is 2.